The second-order valence-electron chi connectivity index (χ2n) is 2.98. The molecule has 0 saturated heterocycles. The van der Waals surface area contributed by atoms with Gasteiger partial charge in [0.2, 0.25) is 0 Å². The SMILES string of the molecule is O=C(O)c1cnccn1.[N-]=[N+]=NC(=O)c1cnccn1. The number of carboxylic acid groups (broad SMARTS) is 1. The molecular formula is C10H7N7O3. The predicted molar refractivity (Wildman–Crippen MR) is 64.5 cm³/mol. The third-order valence-corrected chi connectivity index (χ3v) is 1.70. The van der Waals surface area contributed by atoms with Crippen molar-refractivity contribution in [2.75, 3.05) is 0 Å². The number of hydrogen-bond donors (Lipinski definition) is 1. The minimum Gasteiger partial charge on any atom is -0.476 e. The predicted octanol–water partition coefficient (Wildman–Crippen LogP) is 1.10. The van der Waals surface area contributed by atoms with Crippen molar-refractivity contribution in [3.63, 3.8) is 0 Å². The van der Waals surface area contributed by atoms with Crippen LogP contribution in [0.4, 0.5) is 0 Å². The standard InChI is InChI=1S/C5H3N5O.C5H4N2O2/c6-10-9-5(11)4-3-7-1-2-8-4;8-5(9)4-3-6-1-2-7-4/h1-3H;1-3H,(H,8,9). The van der Waals surface area contributed by atoms with Gasteiger partial charge in [-0.3, -0.25) is 14.8 Å². The Labute approximate surface area is 111 Å². The van der Waals surface area contributed by atoms with Crippen molar-refractivity contribution in [3.05, 3.63) is 59.0 Å². The first-order valence-electron chi connectivity index (χ1n) is 5.00. The minimum absolute atomic E-state index is 0.0301. The Morgan fingerprint density at radius 3 is 1.95 bits per heavy atom. The van der Waals surface area contributed by atoms with Gasteiger partial charge in [0.05, 0.1) is 12.4 Å². The van der Waals surface area contributed by atoms with E-state index in [2.05, 4.69) is 30.0 Å². The molecule has 100 valence electrons. The lowest BCUT2D eigenvalue weighted by Gasteiger charge is -1.88. The topological polar surface area (TPSA) is 155 Å². The molecule has 0 aliphatic rings. The number of aromatic nitrogens is 4. The summed E-state index contributed by atoms with van der Waals surface area (Å²) >= 11 is 0. The van der Waals surface area contributed by atoms with Crippen LogP contribution in [0, 0.1) is 0 Å². The van der Waals surface area contributed by atoms with Gasteiger partial charge in [-0.15, -0.1) is 0 Å². The van der Waals surface area contributed by atoms with Gasteiger partial charge in [0, 0.05) is 29.7 Å². The van der Waals surface area contributed by atoms with Crippen molar-refractivity contribution < 1.29 is 14.7 Å². The zero-order chi connectivity index (χ0) is 14.8. The molecule has 20 heavy (non-hydrogen) atoms. The Balaban J connectivity index is 0.000000204. The summed E-state index contributed by atoms with van der Waals surface area (Å²) in [5.74, 6) is -1.77. The first kappa shape index (κ1) is 14.7. The van der Waals surface area contributed by atoms with E-state index in [0.29, 0.717) is 0 Å². The molecule has 0 aliphatic carbocycles. The zero-order valence-electron chi connectivity index (χ0n) is 9.86. The highest BCUT2D eigenvalue weighted by molar-refractivity contribution is 5.92. The normalized spacial score (nSPS) is 8.60. The number of carboxylic acids is 1. The van der Waals surface area contributed by atoms with Gasteiger partial charge in [0.25, 0.3) is 5.91 Å². The Morgan fingerprint density at radius 1 is 1.05 bits per heavy atom. The van der Waals surface area contributed by atoms with Crippen molar-refractivity contribution >= 4 is 11.9 Å². The summed E-state index contributed by atoms with van der Waals surface area (Å²) in [6, 6.07) is 0. The molecule has 0 unspecified atom stereocenters. The average molecular weight is 273 g/mol. The number of carbonyl (C=O) groups is 2. The number of azide groups is 1. The van der Waals surface area contributed by atoms with Gasteiger partial charge >= 0.3 is 5.97 Å². The molecule has 0 aromatic carbocycles. The fourth-order valence-corrected chi connectivity index (χ4v) is 0.911. The number of aromatic carboxylic acids is 1. The molecular weight excluding hydrogens is 266 g/mol. The molecule has 1 amide bonds. The highest BCUT2D eigenvalue weighted by Crippen LogP contribution is 1.92. The Kier molecular flexibility index (Phi) is 5.75. The molecule has 0 bridgehead atoms. The maximum absolute atomic E-state index is 10.7. The summed E-state index contributed by atoms with van der Waals surface area (Å²) in [7, 11) is 0. The maximum atomic E-state index is 10.7. The van der Waals surface area contributed by atoms with Crippen LogP contribution in [0.15, 0.2) is 42.3 Å². The maximum Gasteiger partial charge on any atom is 0.356 e. The lowest BCUT2D eigenvalue weighted by Crippen LogP contribution is -1.99. The quantitative estimate of drug-likeness (QED) is 0.487. The van der Waals surface area contributed by atoms with Crippen molar-refractivity contribution in [1.29, 1.82) is 0 Å². The van der Waals surface area contributed by atoms with Gasteiger partial charge in [-0.05, 0) is 10.6 Å². The van der Waals surface area contributed by atoms with E-state index in [0.717, 1.165) is 0 Å². The number of nitrogens with zero attached hydrogens (tertiary/aromatic N) is 7. The molecule has 10 nitrogen and oxygen atoms in total. The van der Waals surface area contributed by atoms with Crippen LogP contribution >= 0.6 is 0 Å². The molecule has 0 atom stereocenters. The monoisotopic (exact) mass is 273 g/mol. The smallest absolute Gasteiger partial charge is 0.356 e. The minimum atomic E-state index is -1.05. The Bertz CT molecular complexity index is 626. The molecule has 0 spiro atoms. The van der Waals surface area contributed by atoms with Crippen LogP contribution in [0.5, 0.6) is 0 Å². The second kappa shape index (κ2) is 7.84. The van der Waals surface area contributed by atoms with Gasteiger partial charge in [-0.25, -0.2) is 14.8 Å². The van der Waals surface area contributed by atoms with E-state index < -0.39 is 11.9 Å². The number of carbonyl (C=O) groups excluding carboxylic acids is 1. The van der Waals surface area contributed by atoms with E-state index in [9.17, 15) is 9.59 Å². The van der Waals surface area contributed by atoms with Crippen LogP contribution < -0.4 is 0 Å². The van der Waals surface area contributed by atoms with E-state index in [4.69, 9.17) is 10.6 Å². The van der Waals surface area contributed by atoms with Crippen molar-refractivity contribution in [1.82, 2.24) is 19.9 Å². The Hall–Kier alpha value is -3.39. The van der Waals surface area contributed by atoms with Crippen molar-refractivity contribution in [2.45, 2.75) is 0 Å². The third-order valence-electron chi connectivity index (χ3n) is 1.70. The lowest BCUT2D eigenvalue weighted by atomic mass is 10.4. The van der Waals surface area contributed by atoms with E-state index in [1.807, 2.05) is 0 Å². The van der Waals surface area contributed by atoms with E-state index in [-0.39, 0.29) is 11.4 Å². The van der Waals surface area contributed by atoms with Crippen LogP contribution in [0.2, 0.25) is 0 Å². The molecule has 0 saturated carbocycles. The fraction of sp³-hybridized carbons (Fsp3) is 0. The summed E-state index contributed by atoms with van der Waals surface area (Å²) in [5.41, 5.74) is 7.90. The first-order chi connectivity index (χ1) is 9.65. The summed E-state index contributed by atoms with van der Waals surface area (Å²) in [5, 5.41) is 11.1. The van der Waals surface area contributed by atoms with Gasteiger partial charge in [-0.2, -0.15) is 0 Å². The van der Waals surface area contributed by atoms with Gasteiger partial charge in [0.15, 0.2) is 5.69 Å². The van der Waals surface area contributed by atoms with E-state index in [1.54, 1.807) is 0 Å². The van der Waals surface area contributed by atoms with Crippen LogP contribution in [0.25, 0.3) is 10.4 Å². The molecule has 0 radical (unpaired) electrons. The molecule has 2 rings (SSSR count). The molecule has 0 fully saturated rings. The zero-order valence-corrected chi connectivity index (χ0v) is 9.86. The first-order valence-corrected chi connectivity index (χ1v) is 5.00. The second-order valence-corrected chi connectivity index (χ2v) is 2.98. The van der Waals surface area contributed by atoms with Crippen LogP contribution in [0.3, 0.4) is 0 Å². The highest BCUT2D eigenvalue weighted by atomic mass is 16.4. The lowest BCUT2D eigenvalue weighted by molar-refractivity contribution is 0.0689. The highest BCUT2D eigenvalue weighted by Gasteiger charge is 2.02. The number of hydrogen-bond acceptors (Lipinski definition) is 6. The van der Waals surface area contributed by atoms with Gasteiger partial charge in [0.1, 0.15) is 5.69 Å². The summed E-state index contributed by atoms with van der Waals surface area (Å²) < 4.78 is 0. The third kappa shape index (κ3) is 4.85. The molecule has 10 heteroatoms. The Morgan fingerprint density at radius 2 is 1.60 bits per heavy atom. The molecule has 2 heterocycles. The van der Waals surface area contributed by atoms with Gasteiger partial charge < -0.3 is 5.11 Å². The largest absolute Gasteiger partial charge is 0.476 e. The summed E-state index contributed by atoms with van der Waals surface area (Å²) in [6.07, 6.45) is 7.96. The number of rotatable bonds is 2. The van der Waals surface area contributed by atoms with E-state index in [1.165, 1.54) is 37.2 Å². The molecule has 0 aliphatic heterocycles. The van der Waals surface area contributed by atoms with Crippen LogP contribution in [-0.4, -0.2) is 36.9 Å². The number of amides is 1. The molecule has 2 aromatic heterocycles. The van der Waals surface area contributed by atoms with Crippen LogP contribution in [0.1, 0.15) is 21.0 Å². The van der Waals surface area contributed by atoms with Crippen molar-refractivity contribution in [3.8, 4) is 0 Å². The van der Waals surface area contributed by atoms with Crippen molar-refractivity contribution in [2.24, 2.45) is 5.11 Å². The van der Waals surface area contributed by atoms with Crippen LogP contribution in [-0.2, 0) is 0 Å². The fourth-order valence-electron chi connectivity index (χ4n) is 0.911. The molecule has 1 N–H and O–H groups in total. The average Bonchev–Trinajstić information content (AvgIpc) is 2.50. The molecule has 2 aromatic rings. The summed E-state index contributed by atoms with van der Waals surface area (Å²) in [4.78, 5) is 37.5. The summed E-state index contributed by atoms with van der Waals surface area (Å²) in [6.45, 7) is 0. The van der Waals surface area contributed by atoms with E-state index >= 15 is 0 Å². The van der Waals surface area contributed by atoms with Gasteiger partial charge in [-0.1, -0.05) is 0 Å².